The summed E-state index contributed by atoms with van der Waals surface area (Å²) in [6, 6.07) is 4.82. The molecule has 0 spiro atoms. The second-order valence-corrected chi connectivity index (χ2v) is 5.08. The number of ketones is 1. The van der Waals surface area contributed by atoms with Crippen LogP contribution in [0.25, 0.3) is 10.9 Å². The van der Waals surface area contributed by atoms with Gasteiger partial charge < -0.3 is 4.98 Å². The molecule has 0 amide bonds. The Morgan fingerprint density at radius 1 is 1.42 bits per heavy atom. The number of nitro groups is 1. The van der Waals surface area contributed by atoms with E-state index < -0.39 is 4.92 Å². The summed E-state index contributed by atoms with van der Waals surface area (Å²) in [5.41, 5.74) is 1.09. The van der Waals surface area contributed by atoms with E-state index in [2.05, 4.69) is 4.98 Å². The third-order valence-corrected chi connectivity index (χ3v) is 3.88. The summed E-state index contributed by atoms with van der Waals surface area (Å²) in [5, 5.41) is 11.5. The Kier molecular flexibility index (Phi) is 2.81. The van der Waals surface area contributed by atoms with E-state index in [1.54, 1.807) is 18.3 Å². The molecule has 0 saturated heterocycles. The topological polar surface area (TPSA) is 76.0 Å². The van der Waals surface area contributed by atoms with Crippen LogP contribution in [0.4, 0.5) is 5.69 Å². The second-order valence-electron chi connectivity index (χ2n) is 5.08. The Morgan fingerprint density at radius 2 is 2.21 bits per heavy atom. The van der Waals surface area contributed by atoms with Crippen LogP contribution in [0.15, 0.2) is 24.4 Å². The number of carbonyl (C=O) groups excluding carboxylic acids is 1. The molecule has 0 radical (unpaired) electrons. The van der Waals surface area contributed by atoms with Crippen LogP contribution < -0.4 is 0 Å². The Hall–Kier alpha value is -2.17. The minimum Gasteiger partial charge on any atom is -0.360 e. The number of fused-ring (bicyclic) bond motifs is 1. The van der Waals surface area contributed by atoms with E-state index in [0.717, 1.165) is 12.8 Å². The smallest absolute Gasteiger partial charge is 0.279 e. The Balaban J connectivity index is 2.03. The minimum atomic E-state index is -0.434. The largest absolute Gasteiger partial charge is 0.360 e. The summed E-state index contributed by atoms with van der Waals surface area (Å²) in [6.45, 7) is 0. The SMILES string of the molecule is O=C(CC1CCC1)c1c[nH]c2cccc([N+](=O)[O-])c12. The van der Waals surface area contributed by atoms with Gasteiger partial charge >= 0.3 is 0 Å². The van der Waals surface area contributed by atoms with Gasteiger partial charge in [-0.25, -0.2) is 0 Å². The Bertz CT molecular complexity index is 656. The predicted octanol–water partition coefficient (Wildman–Crippen LogP) is 3.45. The lowest BCUT2D eigenvalue weighted by atomic mass is 9.81. The van der Waals surface area contributed by atoms with Gasteiger partial charge in [-0.1, -0.05) is 25.3 Å². The van der Waals surface area contributed by atoms with E-state index in [1.807, 2.05) is 0 Å². The molecule has 1 heterocycles. The first-order chi connectivity index (χ1) is 9.16. The van der Waals surface area contributed by atoms with Gasteiger partial charge in [0.15, 0.2) is 5.78 Å². The lowest BCUT2D eigenvalue weighted by Crippen LogP contribution is -2.15. The van der Waals surface area contributed by atoms with Crippen molar-refractivity contribution >= 4 is 22.4 Å². The zero-order chi connectivity index (χ0) is 13.4. The molecule has 0 unspecified atom stereocenters. The highest BCUT2D eigenvalue weighted by Gasteiger charge is 2.25. The fourth-order valence-electron chi connectivity index (χ4n) is 2.61. The van der Waals surface area contributed by atoms with Gasteiger partial charge in [0, 0.05) is 24.2 Å². The first-order valence-corrected chi connectivity index (χ1v) is 6.44. The maximum atomic E-state index is 12.3. The molecule has 1 aromatic carbocycles. The number of nitro benzene ring substituents is 1. The molecule has 2 aromatic rings. The van der Waals surface area contributed by atoms with Crippen LogP contribution in [-0.4, -0.2) is 15.7 Å². The van der Waals surface area contributed by atoms with Crippen LogP contribution >= 0.6 is 0 Å². The molecule has 1 saturated carbocycles. The molecule has 1 aliphatic carbocycles. The van der Waals surface area contributed by atoms with Gasteiger partial charge in [-0.3, -0.25) is 14.9 Å². The van der Waals surface area contributed by atoms with Crippen LogP contribution in [0.3, 0.4) is 0 Å². The highest BCUT2D eigenvalue weighted by Crippen LogP contribution is 2.33. The van der Waals surface area contributed by atoms with Crippen molar-refractivity contribution in [2.45, 2.75) is 25.7 Å². The monoisotopic (exact) mass is 258 g/mol. The Labute approximate surface area is 109 Å². The third-order valence-electron chi connectivity index (χ3n) is 3.88. The number of nitrogens with one attached hydrogen (secondary N) is 1. The van der Waals surface area contributed by atoms with Gasteiger partial charge in [-0.2, -0.15) is 0 Å². The van der Waals surface area contributed by atoms with Crippen molar-refractivity contribution in [2.75, 3.05) is 0 Å². The summed E-state index contributed by atoms with van der Waals surface area (Å²) >= 11 is 0. The second kappa shape index (κ2) is 4.50. The number of carbonyl (C=O) groups is 1. The van der Waals surface area contributed by atoms with Gasteiger partial charge in [0.05, 0.1) is 15.8 Å². The number of nitrogens with zero attached hydrogens (tertiary/aromatic N) is 1. The van der Waals surface area contributed by atoms with Crippen LogP contribution in [-0.2, 0) is 0 Å². The van der Waals surface area contributed by atoms with Crippen molar-refractivity contribution < 1.29 is 9.72 Å². The van der Waals surface area contributed by atoms with Crippen molar-refractivity contribution in [1.82, 2.24) is 4.98 Å². The van der Waals surface area contributed by atoms with E-state index >= 15 is 0 Å². The molecule has 1 fully saturated rings. The van der Waals surface area contributed by atoms with Gasteiger partial charge in [0.1, 0.15) is 0 Å². The first kappa shape index (κ1) is 11.9. The summed E-state index contributed by atoms with van der Waals surface area (Å²) in [5.74, 6) is 0.463. The van der Waals surface area contributed by atoms with E-state index in [4.69, 9.17) is 0 Å². The number of H-pyrrole nitrogens is 1. The zero-order valence-electron chi connectivity index (χ0n) is 10.4. The number of Topliss-reactive ketones (excluding diaryl/α,β-unsaturated/α-hetero) is 1. The maximum absolute atomic E-state index is 12.3. The van der Waals surface area contributed by atoms with E-state index in [-0.39, 0.29) is 11.5 Å². The van der Waals surface area contributed by atoms with E-state index in [1.165, 1.54) is 12.5 Å². The fraction of sp³-hybridized carbons (Fsp3) is 0.357. The average Bonchev–Trinajstić information content (AvgIpc) is 2.77. The van der Waals surface area contributed by atoms with E-state index in [9.17, 15) is 14.9 Å². The molecule has 5 nitrogen and oxygen atoms in total. The minimum absolute atomic E-state index is 0.00397. The molecule has 0 aliphatic heterocycles. The average molecular weight is 258 g/mol. The van der Waals surface area contributed by atoms with Crippen LogP contribution in [0.2, 0.25) is 0 Å². The normalized spacial score (nSPS) is 15.4. The fourth-order valence-corrected chi connectivity index (χ4v) is 2.61. The lowest BCUT2D eigenvalue weighted by molar-refractivity contribution is -0.383. The molecule has 0 atom stereocenters. The molecule has 19 heavy (non-hydrogen) atoms. The number of aromatic nitrogens is 1. The summed E-state index contributed by atoms with van der Waals surface area (Å²) in [4.78, 5) is 25.8. The van der Waals surface area contributed by atoms with Crippen molar-refractivity contribution in [2.24, 2.45) is 5.92 Å². The number of hydrogen-bond donors (Lipinski definition) is 1. The molecule has 0 bridgehead atoms. The molecule has 1 aromatic heterocycles. The van der Waals surface area contributed by atoms with Crippen molar-refractivity contribution in [3.63, 3.8) is 0 Å². The number of rotatable bonds is 4. The summed E-state index contributed by atoms with van der Waals surface area (Å²) < 4.78 is 0. The number of benzene rings is 1. The van der Waals surface area contributed by atoms with Gasteiger partial charge in [-0.15, -0.1) is 0 Å². The molecule has 98 valence electrons. The molecule has 1 aliphatic rings. The zero-order valence-corrected chi connectivity index (χ0v) is 10.4. The number of aromatic amines is 1. The lowest BCUT2D eigenvalue weighted by Gasteiger charge is -2.24. The third kappa shape index (κ3) is 2.01. The van der Waals surface area contributed by atoms with Gasteiger partial charge in [0.2, 0.25) is 0 Å². The van der Waals surface area contributed by atoms with Crippen LogP contribution in [0.5, 0.6) is 0 Å². The molecule has 5 heteroatoms. The molecule has 1 N–H and O–H groups in total. The Morgan fingerprint density at radius 3 is 2.84 bits per heavy atom. The highest BCUT2D eigenvalue weighted by molar-refractivity contribution is 6.11. The molecule has 3 rings (SSSR count). The van der Waals surface area contributed by atoms with Crippen LogP contribution in [0.1, 0.15) is 36.0 Å². The maximum Gasteiger partial charge on any atom is 0.279 e. The number of hydrogen-bond acceptors (Lipinski definition) is 3. The van der Waals surface area contributed by atoms with Gasteiger partial charge in [-0.05, 0) is 12.0 Å². The number of non-ortho nitro benzene ring substituents is 1. The standard InChI is InChI=1S/C14H14N2O3/c17-13(7-9-3-1-4-9)10-8-15-11-5-2-6-12(14(10)11)16(18)19/h2,5-6,8-9,15H,1,3-4,7H2. The van der Waals surface area contributed by atoms with Crippen molar-refractivity contribution in [3.8, 4) is 0 Å². The molecular weight excluding hydrogens is 244 g/mol. The van der Waals surface area contributed by atoms with E-state index in [0.29, 0.717) is 28.8 Å². The van der Waals surface area contributed by atoms with Crippen molar-refractivity contribution in [3.05, 3.63) is 40.1 Å². The molecular formula is C14H14N2O3. The summed E-state index contributed by atoms with van der Waals surface area (Å²) in [7, 11) is 0. The predicted molar refractivity (Wildman–Crippen MR) is 71.2 cm³/mol. The van der Waals surface area contributed by atoms with Crippen molar-refractivity contribution in [1.29, 1.82) is 0 Å². The highest BCUT2D eigenvalue weighted by atomic mass is 16.6. The van der Waals surface area contributed by atoms with Gasteiger partial charge in [0.25, 0.3) is 5.69 Å². The summed E-state index contributed by atoms with van der Waals surface area (Å²) in [6.07, 6.45) is 5.47. The van der Waals surface area contributed by atoms with Crippen LogP contribution in [0, 0.1) is 16.0 Å². The quantitative estimate of drug-likeness (QED) is 0.518. The first-order valence-electron chi connectivity index (χ1n) is 6.44.